The van der Waals surface area contributed by atoms with Crippen molar-refractivity contribution in [3.05, 3.63) is 71.5 Å². The molecule has 0 radical (unpaired) electrons. The van der Waals surface area contributed by atoms with Gasteiger partial charge in [-0.1, -0.05) is 48.5 Å². The first-order valence-corrected chi connectivity index (χ1v) is 9.45. The number of hydrogen-bond acceptors (Lipinski definition) is 3. The Balaban J connectivity index is 1.47. The second kappa shape index (κ2) is 9.42. The number of halogens is 1. The fourth-order valence-corrected chi connectivity index (χ4v) is 3.47. The van der Waals surface area contributed by atoms with Crippen LogP contribution in [0.4, 0.5) is 4.39 Å². The molecule has 0 spiro atoms. The van der Waals surface area contributed by atoms with Crippen LogP contribution in [0.25, 0.3) is 0 Å². The molecule has 27 heavy (non-hydrogen) atoms. The molecule has 142 valence electrons. The van der Waals surface area contributed by atoms with E-state index in [1.807, 2.05) is 36.4 Å². The van der Waals surface area contributed by atoms with Gasteiger partial charge in [-0.05, 0) is 37.4 Å². The summed E-state index contributed by atoms with van der Waals surface area (Å²) in [7, 11) is 0. The summed E-state index contributed by atoms with van der Waals surface area (Å²) < 4.78 is 13.8. The molecular weight excluding hydrogens is 343 g/mol. The maximum atomic E-state index is 13.8. The SMILES string of the molecule is O=C(CCc1ccccc1)C(=O)NC1CCCN(Cc2ccccc2F)C1. The number of hydrogen-bond donors (Lipinski definition) is 1. The lowest BCUT2D eigenvalue weighted by Gasteiger charge is -2.33. The van der Waals surface area contributed by atoms with Crippen LogP contribution in [0.15, 0.2) is 54.6 Å². The summed E-state index contributed by atoms with van der Waals surface area (Å²) in [6, 6.07) is 16.4. The van der Waals surface area contributed by atoms with Crippen molar-refractivity contribution in [2.75, 3.05) is 13.1 Å². The average Bonchev–Trinajstić information content (AvgIpc) is 2.69. The summed E-state index contributed by atoms with van der Waals surface area (Å²) >= 11 is 0. The summed E-state index contributed by atoms with van der Waals surface area (Å²) in [5.74, 6) is -1.10. The number of amides is 1. The maximum Gasteiger partial charge on any atom is 0.287 e. The highest BCUT2D eigenvalue weighted by Crippen LogP contribution is 2.16. The number of likely N-dealkylation sites (tertiary alicyclic amines) is 1. The molecule has 1 heterocycles. The van der Waals surface area contributed by atoms with Gasteiger partial charge in [0.15, 0.2) is 0 Å². The van der Waals surface area contributed by atoms with Crippen LogP contribution in [-0.2, 0) is 22.6 Å². The minimum atomic E-state index is -0.510. The molecule has 0 saturated carbocycles. The summed E-state index contributed by atoms with van der Waals surface area (Å²) in [5, 5.41) is 2.86. The Bertz CT molecular complexity index is 779. The number of Topliss-reactive ketones (excluding diaryl/α,β-unsaturated/α-hetero) is 1. The van der Waals surface area contributed by atoms with Crippen LogP contribution in [0.5, 0.6) is 0 Å². The van der Waals surface area contributed by atoms with Crippen LogP contribution in [0.2, 0.25) is 0 Å². The van der Waals surface area contributed by atoms with E-state index in [1.54, 1.807) is 12.1 Å². The van der Waals surface area contributed by atoms with E-state index in [9.17, 15) is 14.0 Å². The summed E-state index contributed by atoms with van der Waals surface area (Å²) in [5.41, 5.74) is 1.70. The molecule has 4 nitrogen and oxygen atoms in total. The fraction of sp³-hybridized carbons (Fsp3) is 0.364. The number of carbonyl (C=O) groups excluding carboxylic acids is 2. The summed E-state index contributed by atoms with van der Waals surface area (Å²) in [6.07, 6.45) is 2.53. The molecule has 1 aliphatic rings. The van der Waals surface area contributed by atoms with Gasteiger partial charge in [0.25, 0.3) is 5.91 Å². The third-order valence-corrected chi connectivity index (χ3v) is 4.93. The largest absolute Gasteiger partial charge is 0.345 e. The lowest BCUT2D eigenvalue weighted by atomic mass is 10.0. The molecule has 1 aliphatic heterocycles. The number of piperidine rings is 1. The Morgan fingerprint density at radius 1 is 1.07 bits per heavy atom. The highest BCUT2D eigenvalue weighted by atomic mass is 19.1. The van der Waals surface area contributed by atoms with E-state index >= 15 is 0 Å². The molecule has 0 bridgehead atoms. The molecule has 0 aromatic heterocycles. The monoisotopic (exact) mass is 368 g/mol. The third-order valence-electron chi connectivity index (χ3n) is 4.93. The Morgan fingerprint density at radius 3 is 2.59 bits per heavy atom. The zero-order valence-corrected chi connectivity index (χ0v) is 15.4. The van der Waals surface area contributed by atoms with Crippen molar-refractivity contribution >= 4 is 11.7 Å². The van der Waals surface area contributed by atoms with Crippen molar-refractivity contribution < 1.29 is 14.0 Å². The number of aryl methyl sites for hydroxylation is 1. The third kappa shape index (κ3) is 5.73. The van der Waals surface area contributed by atoms with Gasteiger partial charge in [0.2, 0.25) is 5.78 Å². The van der Waals surface area contributed by atoms with Crippen LogP contribution < -0.4 is 5.32 Å². The van der Waals surface area contributed by atoms with Gasteiger partial charge in [0.05, 0.1) is 0 Å². The van der Waals surface area contributed by atoms with Crippen molar-refractivity contribution in [1.82, 2.24) is 10.2 Å². The molecule has 5 heteroatoms. The molecule has 1 saturated heterocycles. The van der Waals surface area contributed by atoms with Crippen molar-refractivity contribution in [3.63, 3.8) is 0 Å². The van der Waals surface area contributed by atoms with E-state index in [0.29, 0.717) is 25.1 Å². The van der Waals surface area contributed by atoms with Crippen LogP contribution in [-0.4, -0.2) is 35.7 Å². The van der Waals surface area contributed by atoms with E-state index < -0.39 is 5.91 Å². The van der Waals surface area contributed by atoms with E-state index in [4.69, 9.17) is 0 Å². The van der Waals surface area contributed by atoms with Crippen LogP contribution in [0, 0.1) is 5.82 Å². The molecule has 2 aromatic carbocycles. The number of nitrogens with zero attached hydrogens (tertiary/aromatic N) is 1. The molecular formula is C22H25FN2O2. The van der Waals surface area contributed by atoms with Gasteiger partial charge >= 0.3 is 0 Å². The van der Waals surface area contributed by atoms with E-state index in [-0.39, 0.29) is 24.1 Å². The average molecular weight is 368 g/mol. The highest BCUT2D eigenvalue weighted by molar-refractivity contribution is 6.36. The molecule has 1 atom stereocenters. The van der Waals surface area contributed by atoms with Gasteiger partial charge in [0, 0.05) is 31.1 Å². The van der Waals surface area contributed by atoms with Gasteiger partial charge in [-0.25, -0.2) is 4.39 Å². The van der Waals surface area contributed by atoms with Crippen LogP contribution in [0.3, 0.4) is 0 Å². The van der Waals surface area contributed by atoms with Gasteiger partial charge in [0.1, 0.15) is 5.82 Å². The Morgan fingerprint density at radius 2 is 1.81 bits per heavy atom. The van der Waals surface area contributed by atoms with E-state index in [1.165, 1.54) is 6.07 Å². The maximum absolute atomic E-state index is 13.8. The molecule has 1 N–H and O–H groups in total. The first-order chi connectivity index (χ1) is 13.1. The second-order valence-electron chi connectivity index (χ2n) is 7.05. The van der Waals surface area contributed by atoms with Crippen molar-refractivity contribution in [1.29, 1.82) is 0 Å². The second-order valence-corrected chi connectivity index (χ2v) is 7.05. The molecule has 1 amide bonds. The van der Waals surface area contributed by atoms with Gasteiger partial charge < -0.3 is 5.32 Å². The normalized spacial score (nSPS) is 17.4. The minimum absolute atomic E-state index is 0.0706. The van der Waals surface area contributed by atoms with Gasteiger partial charge in [-0.2, -0.15) is 0 Å². The van der Waals surface area contributed by atoms with Gasteiger partial charge in [-0.15, -0.1) is 0 Å². The molecule has 2 aromatic rings. The minimum Gasteiger partial charge on any atom is -0.345 e. The zero-order chi connectivity index (χ0) is 19.1. The summed E-state index contributed by atoms with van der Waals surface area (Å²) in [6.45, 7) is 2.01. The number of ketones is 1. The van der Waals surface area contributed by atoms with Gasteiger partial charge in [-0.3, -0.25) is 14.5 Å². The van der Waals surface area contributed by atoms with E-state index in [2.05, 4.69) is 10.2 Å². The van der Waals surface area contributed by atoms with Crippen LogP contribution >= 0.6 is 0 Å². The Labute approximate surface area is 159 Å². The smallest absolute Gasteiger partial charge is 0.287 e. The zero-order valence-electron chi connectivity index (χ0n) is 15.4. The first-order valence-electron chi connectivity index (χ1n) is 9.45. The first kappa shape index (κ1) is 19.2. The summed E-state index contributed by atoms with van der Waals surface area (Å²) in [4.78, 5) is 26.5. The standard InChI is InChI=1S/C22H25FN2O2/c23-20-11-5-4-9-18(20)15-25-14-6-10-19(16-25)24-22(27)21(26)13-12-17-7-2-1-3-8-17/h1-5,7-9,11,19H,6,10,12-16H2,(H,24,27). The van der Waals surface area contributed by atoms with Crippen molar-refractivity contribution in [2.24, 2.45) is 0 Å². The lowest BCUT2D eigenvalue weighted by molar-refractivity contribution is -0.138. The van der Waals surface area contributed by atoms with E-state index in [0.717, 1.165) is 24.9 Å². The highest BCUT2D eigenvalue weighted by Gasteiger charge is 2.24. The van der Waals surface area contributed by atoms with Crippen molar-refractivity contribution in [2.45, 2.75) is 38.3 Å². The number of rotatable bonds is 7. The lowest BCUT2D eigenvalue weighted by Crippen LogP contribution is -2.49. The quantitative estimate of drug-likeness (QED) is 0.764. The number of nitrogens with one attached hydrogen (secondary N) is 1. The molecule has 3 rings (SSSR count). The predicted molar refractivity (Wildman–Crippen MR) is 103 cm³/mol. The Hall–Kier alpha value is -2.53. The molecule has 0 aliphatic carbocycles. The molecule has 1 fully saturated rings. The predicted octanol–water partition coefficient (Wildman–Crippen LogP) is 3.11. The number of benzene rings is 2. The van der Waals surface area contributed by atoms with Crippen molar-refractivity contribution in [3.8, 4) is 0 Å². The number of carbonyl (C=O) groups is 2. The fourth-order valence-electron chi connectivity index (χ4n) is 3.47. The van der Waals surface area contributed by atoms with Crippen LogP contribution in [0.1, 0.15) is 30.4 Å². The topological polar surface area (TPSA) is 49.4 Å². The Kier molecular flexibility index (Phi) is 6.71. The molecule has 1 unspecified atom stereocenters.